The molecule has 0 unspecified atom stereocenters. The van der Waals surface area contributed by atoms with Gasteiger partial charge in [0.25, 0.3) is 6.01 Å². The smallest absolute Gasteiger partial charge is 0.295 e. The molecule has 2 heterocycles. The molecule has 98 valence electrons. The Morgan fingerprint density at radius 3 is 3.05 bits per heavy atom. The predicted octanol–water partition coefficient (Wildman–Crippen LogP) is 2.83. The van der Waals surface area contributed by atoms with Gasteiger partial charge in [-0.15, -0.1) is 11.3 Å². The van der Waals surface area contributed by atoms with Crippen molar-refractivity contribution in [3.05, 3.63) is 34.3 Å². The number of anilines is 2. The first-order valence-electron chi connectivity index (χ1n) is 6.01. The van der Waals surface area contributed by atoms with E-state index in [9.17, 15) is 0 Å². The van der Waals surface area contributed by atoms with E-state index in [-0.39, 0.29) is 0 Å². The van der Waals surface area contributed by atoms with Crippen LogP contribution in [0.5, 0.6) is 0 Å². The van der Waals surface area contributed by atoms with Crippen LogP contribution in [-0.4, -0.2) is 16.5 Å². The molecule has 3 aromatic rings. The fourth-order valence-electron chi connectivity index (χ4n) is 1.81. The molecule has 6 heteroatoms. The van der Waals surface area contributed by atoms with E-state index in [1.807, 2.05) is 13.0 Å². The van der Waals surface area contributed by atoms with Crippen molar-refractivity contribution in [1.82, 2.24) is 9.97 Å². The molecule has 0 radical (unpaired) electrons. The van der Waals surface area contributed by atoms with Crippen molar-refractivity contribution >= 4 is 34.1 Å². The van der Waals surface area contributed by atoms with Crippen LogP contribution >= 0.6 is 11.3 Å². The molecule has 0 amide bonds. The van der Waals surface area contributed by atoms with Gasteiger partial charge < -0.3 is 15.5 Å². The van der Waals surface area contributed by atoms with E-state index < -0.39 is 0 Å². The number of hydrogen-bond donors (Lipinski definition) is 2. The fourth-order valence-corrected chi connectivity index (χ4v) is 2.59. The lowest BCUT2D eigenvalue weighted by molar-refractivity contribution is 0.614. The van der Waals surface area contributed by atoms with Crippen LogP contribution in [0.2, 0.25) is 0 Å². The molecule has 0 saturated carbocycles. The van der Waals surface area contributed by atoms with Crippen molar-refractivity contribution in [1.29, 1.82) is 0 Å². The van der Waals surface area contributed by atoms with Gasteiger partial charge in [0.05, 0.1) is 5.01 Å². The molecular weight excluding hydrogens is 260 g/mol. The van der Waals surface area contributed by atoms with Gasteiger partial charge in [-0.1, -0.05) is 0 Å². The molecule has 19 heavy (non-hydrogen) atoms. The van der Waals surface area contributed by atoms with Crippen LogP contribution in [0.3, 0.4) is 0 Å². The minimum Gasteiger partial charge on any atom is -0.424 e. The first-order chi connectivity index (χ1) is 9.20. The SMILES string of the molecule is Cc1csc(CCNc2nc3cc(N)ccc3o2)n1. The molecule has 0 saturated heterocycles. The van der Waals surface area contributed by atoms with Gasteiger partial charge in [0.2, 0.25) is 0 Å². The molecular formula is C13H14N4OS. The fraction of sp³-hybridized carbons (Fsp3) is 0.231. The molecule has 0 fully saturated rings. The Labute approximate surface area is 114 Å². The van der Waals surface area contributed by atoms with E-state index in [0.29, 0.717) is 11.7 Å². The molecule has 3 rings (SSSR count). The Bertz CT molecular complexity index is 704. The summed E-state index contributed by atoms with van der Waals surface area (Å²) in [6, 6.07) is 5.95. The molecule has 0 spiro atoms. The summed E-state index contributed by atoms with van der Waals surface area (Å²) in [6.45, 7) is 2.74. The highest BCUT2D eigenvalue weighted by Crippen LogP contribution is 2.21. The molecule has 1 aromatic carbocycles. The van der Waals surface area contributed by atoms with E-state index in [2.05, 4.69) is 20.7 Å². The zero-order valence-electron chi connectivity index (χ0n) is 10.5. The van der Waals surface area contributed by atoms with E-state index >= 15 is 0 Å². The van der Waals surface area contributed by atoms with Gasteiger partial charge >= 0.3 is 0 Å². The van der Waals surface area contributed by atoms with Gasteiger partial charge in [-0.05, 0) is 25.1 Å². The number of nitrogens with one attached hydrogen (secondary N) is 1. The number of hydrogen-bond acceptors (Lipinski definition) is 6. The predicted molar refractivity (Wildman–Crippen MR) is 77.5 cm³/mol. The van der Waals surface area contributed by atoms with E-state index in [4.69, 9.17) is 10.2 Å². The standard InChI is InChI=1S/C13H14N4OS/c1-8-7-19-12(16-8)4-5-15-13-17-10-6-9(14)2-3-11(10)18-13/h2-3,6-7H,4-5,14H2,1H3,(H,15,17). The molecule has 0 aliphatic heterocycles. The summed E-state index contributed by atoms with van der Waals surface area (Å²) in [4.78, 5) is 8.74. The topological polar surface area (TPSA) is 77.0 Å². The number of rotatable bonds is 4. The van der Waals surface area contributed by atoms with Gasteiger partial charge in [-0.2, -0.15) is 4.98 Å². The lowest BCUT2D eigenvalue weighted by atomic mass is 10.3. The third-order valence-corrected chi connectivity index (χ3v) is 3.72. The summed E-state index contributed by atoms with van der Waals surface area (Å²) in [6.07, 6.45) is 0.860. The van der Waals surface area contributed by atoms with Crippen molar-refractivity contribution in [3.63, 3.8) is 0 Å². The maximum Gasteiger partial charge on any atom is 0.295 e. The van der Waals surface area contributed by atoms with Gasteiger partial charge in [0, 0.05) is 29.7 Å². The maximum absolute atomic E-state index is 5.70. The van der Waals surface area contributed by atoms with E-state index in [1.54, 1.807) is 23.5 Å². The second-order valence-corrected chi connectivity index (χ2v) is 5.25. The second kappa shape index (κ2) is 4.89. The Hall–Kier alpha value is -2.08. The Morgan fingerprint density at radius 1 is 1.37 bits per heavy atom. The van der Waals surface area contributed by atoms with Crippen LogP contribution < -0.4 is 11.1 Å². The zero-order chi connectivity index (χ0) is 13.2. The normalized spacial score (nSPS) is 11.0. The number of aryl methyl sites for hydroxylation is 1. The summed E-state index contributed by atoms with van der Waals surface area (Å²) >= 11 is 1.67. The van der Waals surface area contributed by atoms with Crippen LogP contribution in [0, 0.1) is 6.92 Å². The van der Waals surface area contributed by atoms with E-state index in [0.717, 1.165) is 34.8 Å². The number of nitrogens with two attached hydrogens (primary N) is 1. The number of oxazole rings is 1. The van der Waals surface area contributed by atoms with Gasteiger partial charge in [-0.25, -0.2) is 4.98 Å². The minimum atomic E-state index is 0.522. The third-order valence-electron chi connectivity index (χ3n) is 2.69. The average Bonchev–Trinajstić information content (AvgIpc) is 2.95. The minimum absolute atomic E-state index is 0.522. The van der Waals surface area contributed by atoms with Crippen molar-refractivity contribution in [2.45, 2.75) is 13.3 Å². The van der Waals surface area contributed by atoms with Crippen LogP contribution in [0.25, 0.3) is 11.1 Å². The lowest BCUT2D eigenvalue weighted by Gasteiger charge is -1.98. The highest BCUT2D eigenvalue weighted by Gasteiger charge is 2.05. The molecule has 3 N–H and O–H groups in total. The van der Waals surface area contributed by atoms with Crippen LogP contribution in [-0.2, 0) is 6.42 Å². The molecule has 0 aliphatic carbocycles. The van der Waals surface area contributed by atoms with E-state index in [1.165, 1.54) is 0 Å². The molecule has 2 aromatic heterocycles. The summed E-state index contributed by atoms with van der Waals surface area (Å²) in [7, 11) is 0. The van der Waals surface area contributed by atoms with Crippen molar-refractivity contribution in [3.8, 4) is 0 Å². The van der Waals surface area contributed by atoms with Crippen molar-refractivity contribution in [2.75, 3.05) is 17.6 Å². The lowest BCUT2D eigenvalue weighted by Crippen LogP contribution is -2.04. The van der Waals surface area contributed by atoms with Crippen molar-refractivity contribution < 1.29 is 4.42 Å². The van der Waals surface area contributed by atoms with Crippen LogP contribution in [0.4, 0.5) is 11.7 Å². The summed E-state index contributed by atoms with van der Waals surface area (Å²) in [5, 5.41) is 6.33. The van der Waals surface area contributed by atoms with Crippen LogP contribution in [0.15, 0.2) is 28.0 Å². The van der Waals surface area contributed by atoms with Gasteiger partial charge in [0.15, 0.2) is 5.58 Å². The zero-order valence-corrected chi connectivity index (χ0v) is 11.3. The molecule has 0 aliphatic rings. The van der Waals surface area contributed by atoms with Gasteiger partial charge in [-0.3, -0.25) is 0 Å². The van der Waals surface area contributed by atoms with Crippen LogP contribution in [0.1, 0.15) is 10.7 Å². The summed E-state index contributed by atoms with van der Waals surface area (Å²) in [5.41, 5.74) is 8.96. The molecule has 5 nitrogen and oxygen atoms in total. The molecule has 0 atom stereocenters. The number of nitrogen functional groups attached to an aromatic ring is 1. The quantitative estimate of drug-likeness (QED) is 0.715. The Balaban J connectivity index is 1.65. The van der Waals surface area contributed by atoms with Crippen molar-refractivity contribution in [2.24, 2.45) is 0 Å². The number of benzene rings is 1. The highest BCUT2D eigenvalue weighted by atomic mass is 32.1. The number of aromatic nitrogens is 2. The molecule has 0 bridgehead atoms. The third kappa shape index (κ3) is 2.68. The Kier molecular flexibility index (Phi) is 3.08. The Morgan fingerprint density at radius 2 is 2.26 bits per heavy atom. The first kappa shape index (κ1) is 12.0. The first-order valence-corrected chi connectivity index (χ1v) is 6.89. The highest BCUT2D eigenvalue weighted by molar-refractivity contribution is 7.09. The summed E-state index contributed by atoms with van der Waals surface area (Å²) < 4.78 is 5.57. The summed E-state index contributed by atoms with van der Waals surface area (Å²) in [5.74, 6) is 0. The largest absolute Gasteiger partial charge is 0.424 e. The second-order valence-electron chi connectivity index (χ2n) is 4.31. The average molecular weight is 274 g/mol. The number of thiazole rings is 1. The van der Waals surface area contributed by atoms with Gasteiger partial charge in [0.1, 0.15) is 5.52 Å². The number of fused-ring (bicyclic) bond motifs is 1. The maximum atomic E-state index is 5.70. The number of nitrogens with zero attached hydrogens (tertiary/aromatic N) is 2. The monoisotopic (exact) mass is 274 g/mol.